The van der Waals surface area contributed by atoms with Crippen LogP contribution in [0.2, 0.25) is 0 Å². The lowest BCUT2D eigenvalue weighted by Gasteiger charge is -2.30. The number of likely N-dealkylation sites (tertiary alicyclic amines) is 1. The third-order valence-electron chi connectivity index (χ3n) is 14.3. The number of rotatable bonds is 34. The first-order chi connectivity index (χ1) is 40.2. The van der Waals surface area contributed by atoms with Crippen LogP contribution in [0.25, 0.3) is 10.9 Å². The summed E-state index contributed by atoms with van der Waals surface area (Å²) in [6.07, 6.45) is 0.825. The molecule has 1 fully saturated rings. The number of amides is 10. The standard InChI is InChI=1S/C56H81N15O14/c1-6-30(4)46(54(83)69-45(29(2)3)53(82)64-31(5)55(84)85)70-51(80)39(25-33-27-62-36-18-11-10-16-34(33)36)67-50(79)40(26-44(74)75)68-52(81)41-19-13-23-71(41)43(73)28-63-48(77)38(24-32-14-8-7-9-15-32)66-49(78)37(20-21-42(58)72)65-47(76)35(57)17-12-22-61-56(59)60/h7-11,14-16,18,27,29-31,35,37-41,45-46,62H,6,12-13,17,19-26,28,57H2,1-5H3,(H2,58,72)(H,63,77)(H,64,82)(H,65,76)(H,66,78)(H,67,79)(H,68,81)(H,69,83)(H,70,80)(H,74,75)(H,84,85)(H4,59,60,61)/t30-,31-,35-,37-,38-,39-,40-,41-,45-,46-/m0/s1. The molecule has 2 heterocycles. The Morgan fingerprint density at radius 3 is 1.91 bits per heavy atom. The topological polar surface area (TPSA) is 477 Å². The average molecular weight is 1190 g/mol. The number of hydrogen-bond donors (Lipinski definition) is 15. The number of primary amides is 1. The van der Waals surface area contributed by atoms with Gasteiger partial charge in [0.15, 0.2) is 5.96 Å². The minimum Gasteiger partial charge on any atom is -0.481 e. The molecule has 0 bridgehead atoms. The van der Waals surface area contributed by atoms with Gasteiger partial charge in [-0.25, -0.2) is 0 Å². The van der Waals surface area contributed by atoms with Crippen LogP contribution in [0.1, 0.15) is 97.1 Å². The molecule has 0 unspecified atom stereocenters. The van der Waals surface area contributed by atoms with E-state index in [9.17, 15) is 67.7 Å². The number of carboxylic acid groups (broad SMARTS) is 2. The lowest BCUT2D eigenvalue weighted by Crippen LogP contribution is -2.61. The summed E-state index contributed by atoms with van der Waals surface area (Å²) in [5.41, 5.74) is 24.0. The Kier molecular flexibility index (Phi) is 26.7. The Balaban J connectivity index is 1.53. The Labute approximate surface area is 491 Å². The van der Waals surface area contributed by atoms with Crippen molar-refractivity contribution in [2.75, 3.05) is 19.6 Å². The molecule has 1 aliphatic rings. The predicted octanol–water partition coefficient (Wildman–Crippen LogP) is -2.62. The molecular weight excluding hydrogens is 1110 g/mol. The molecule has 1 saturated heterocycles. The molecule has 1 aliphatic heterocycles. The highest BCUT2D eigenvalue weighted by Crippen LogP contribution is 2.21. The molecule has 0 spiro atoms. The first-order valence-electron chi connectivity index (χ1n) is 28.0. The average Bonchev–Trinajstić information content (AvgIpc) is 4.14. The van der Waals surface area contributed by atoms with Gasteiger partial charge in [-0.15, -0.1) is 0 Å². The van der Waals surface area contributed by atoms with Gasteiger partial charge in [-0.3, -0.25) is 62.5 Å². The van der Waals surface area contributed by atoms with Crippen molar-refractivity contribution in [1.82, 2.24) is 52.4 Å². The zero-order valence-electron chi connectivity index (χ0n) is 48.3. The maximum Gasteiger partial charge on any atom is 0.325 e. The van der Waals surface area contributed by atoms with E-state index in [2.05, 4.69) is 52.5 Å². The smallest absolute Gasteiger partial charge is 0.325 e. The number of carbonyl (C=O) groups is 12. The van der Waals surface area contributed by atoms with Crippen LogP contribution in [0, 0.1) is 11.8 Å². The number of aliphatic imine (C=N–C) groups is 1. The maximum atomic E-state index is 14.5. The van der Waals surface area contributed by atoms with Gasteiger partial charge < -0.3 is 85.6 Å². The van der Waals surface area contributed by atoms with Crippen molar-refractivity contribution in [3.8, 4) is 0 Å². The van der Waals surface area contributed by atoms with Gasteiger partial charge in [0.25, 0.3) is 0 Å². The Bertz CT molecular complexity index is 2900. The van der Waals surface area contributed by atoms with Crippen molar-refractivity contribution in [3.63, 3.8) is 0 Å². The normalized spacial score (nSPS) is 16.1. The van der Waals surface area contributed by atoms with Crippen molar-refractivity contribution in [3.05, 3.63) is 71.9 Å². The first kappa shape index (κ1) is 68.3. The third-order valence-corrected chi connectivity index (χ3v) is 14.3. The van der Waals surface area contributed by atoms with Gasteiger partial charge in [0, 0.05) is 49.5 Å². The number of nitrogens with two attached hydrogens (primary N) is 4. The number of nitrogens with one attached hydrogen (secondary N) is 9. The van der Waals surface area contributed by atoms with Crippen molar-refractivity contribution < 1.29 is 67.7 Å². The molecule has 10 amide bonds. The van der Waals surface area contributed by atoms with Crippen LogP contribution in [0.3, 0.4) is 0 Å². The number of aromatic amines is 1. The second-order valence-corrected chi connectivity index (χ2v) is 21.3. The Morgan fingerprint density at radius 2 is 1.28 bits per heavy atom. The summed E-state index contributed by atoms with van der Waals surface area (Å²) in [7, 11) is 0. The highest BCUT2D eigenvalue weighted by atomic mass is 16.4. The molecule has 0 saturated carbocycles. The number of guanidine groups is 1. The van der Waals surface area contributed by atoms with Crippen LogP contribution >= 0.6 is 0 Å². The summed E-state index contributed by atoms with van der Waals surface area (Å²) in [6, 6.07) is 3.21. The molecule has 85 heavy (non-hydrogen) atoms. The van der Waals surface area contributed by atoms with Crippen molar-refractivity contribution in [2.24, 2.45) is 39.8 Å². The van der Waals surface area contributed by atoms with Crippen LogP contribution in [0.5, 0.6) is 0 Å². The number of fused-ring (bicyclic) bond motifs is 1. The van der Waals surface area contributed by atoms with Gasteiger partial charge in [0.1, 0.15) is 48.3 Å². The van der Waals surface area contributed by atoms with Gasteiger partial charge in [-0.2, -0.15) is 0 Å². The largest absolute Gasteiger partial charge is 0.481 e. The van der Waals surface area contributed by atoms with E-state index in [4.69, 9.17) is 22.9 Å². The predicted molar refractivity (Wildman–Crippen MR) is 310 cm³/mol. The van der Waals surface area contributed by atoms with Gasteiger partial charge in [-0.1, -0.05) is 82.6 Å². The molecule has 0 aliphatic carbocycles. The van der Waals surface area contributed by atoms with E-state index in [1.807, 2.05) is 0 Å². The van der Waals surface area contributed by atoms with Gasteiger partial charge in [-0.05, 0) is 68.1 Å². The third kappa shape index (κ3) is 21.5. The van der Waals surface area contributed by atoms with E-state index in [-0.39, 0.29) is 64.0 Å². The number of para-hydroxylation sites is 1. The number of hydrogen-bond acceptors (Lipinski definition) is 14. The van der Waals surface area contributed by atoms with Gasteiger partial charge in [0.05, 0.1) is 19.0 Å². The van der Waals surface area contributed by atoms with Crippen LogP contribution in [-0.2, 0) is 70.4 Å². The fraction of sp³-hybridized carbons (Fsp3) is 0.518. The summed E-state index contributed by atoms with van der Waals surface area (Å²) in [4.78, 5) is 169. The summed E-state index contributed by atoms with van der Waals surface area (Å²) in [6.45, 7) is 7.42. The van der Waals surface area contributed by atoms with Crippen LogP contribution in [0.15, 0.2) is 65.8 Å². The van der Waals surface area contributed by atoms with Crippen LogP contribution in [0.4, 0.5) is 0 Å². The summed E-state index contributed by atoms with van der Waals surface area (Å²) >= 11 is 0. The molecule has 464 valence electrons. The van der Waals surface area contributed by atoms with Crippen molar-refractivity contribution >= 4 is 87.9 Å². The lowest BCUT2D eigenvalue weighted by atomic mass is 9.95. The molecular formula is C56H81N15O14. The van der Waals surface area contributed by atoms with Crippen molar-refractivity contribution in [1.29, 1.82) is 0 Å². The Morgan fingerprint density at radius 1 is 0.682 bits per heavy atom. The molecule has 0 radical (unpaired) electrons. The number of benzene rings is 2. The van der Waals surface area contributed by atoms with E-state index < -0.39 is 150 Å². The second-order valence-electron chi connectivity index (χ2n) is 21.3. The molecule has 2 aromatic carbocycles. The zero-order valence-corrected chi connectivity index (χ0v) is 48.3. The quantitative estimate of drug-likeness (QED) is 0.0165. The summed E-state index contributed by atoms with van der Waals surface area (Å²) < 4.78 is 0. The molecule has 3 aromatic rings. The Hall–Kier alpha value is -9.15. The van der Waals surface area contributed by atoms with E-state index in [1.165, 1.54) is 6.92 Å². The summed E-state index contributed by atoms with van der Waals surface area (Å²) in [5.74, 6) is -12.6. The number of nitrogens with zero attached hydrogens (tertiary/aromatic N) is 2. The molecule has 29 heteroatoms. The zero-order chi connectivity index (χ0) is 63.1. The molecule has 4 rings (SSSR count). The van der Waals surface area contributed by atoms with Gasteiger partial charge >= 0.3 is 11.9 Å². The van der Waals surface area contributed by atoms with Crippen LogP contribution < -0.4 is 65.5 Å². The molecule has 10 atom stereocenters. The van der Waals surface area contributed by atoms with E-state index in [0.29, 0.717) is 34.9 Å². The maximum absolute atomic E-state index is 14.5. The number of carbonyl (C=O) groups excluding carboxylic acids is 10. The van der Waals surface area contributed by atoms with Crippen LogP contribution in [-0.4, -0.2) is 171 Å². The van der Waals surface area contributed by atoms with E-state index in [0.717, 1.165) is 4.90 Å². The molecule has 29 nitrogen and oxygen atoms in total. The van der Waals surface area contributed by atoms with Crippen molar-refractivity contribution in [2.45, 2.75) is 153 Å². The first-order valence-corrected chi connectivity index (χ1v) is 28.0. The fourth-order valence-electron chi connectivity index (χ4n) is 9.29. The fourth-order valence-corrected chi connectivity index (χ4v) is 9.29. The second kappa shape index (κ2) is 33.2. The summed E-state index contributed by atoms with van der Waals surface area (Å²) in [5, 5.41) is 40.4. The minimum atomic E-state index is -1.83. The SMILES string of the molecule is CC[C@H](C)[C@H](NC(=O)[C@H](Cc1c[nH]c2ccccc12)NC(=O)[C@H](CC(=O)O)NC(=O)[C@@H]1CCCN1C(=O)CNC(=O)[C@H](Cc1ccccc1)NC(=O)[C@H](CCC(N)=O)NC(=O)[C@@H](N)CCCN=C(N)N)C(=O)N[C@H](C(=O)N[C@@H](C)C(=O)O)C(C)C. The number of aromatic nitrogens is 1. The van der Waals surface area contributed by atoms with Gasteiger partial charge in [0.2, 0.25) is 59.1 Å². The molecule has 19 N–H and O–H groups in total. The number of aliphatic carboxylic acids is 2. The molecule has 1 aromatic heterocycles. The highest BCUT2D eigenvalue weighted by molar-refractivity contribution is 5.99. The van der Waals surface area contributed by atoms with E-state index in [1.54, 1.807) is 88.5 Å². The number of carboxylic acids is 2. The lowest BCUT2D eigenvalue weighted by molar-refractivity contribution is -0.143. The minimum absolute atomic E-state index is 0.00622. The van der Waals surface area contributed by atoms with E-state index >= 15 is 0 Å². The number of H-pyrrole nitrogens is 1. The highest BCUT2D eigenvalue weighted by Gasteiger charge is 2.39. The monoisotopic (exact) mass is 1190 g/mol.